The lowest BCUT2D eigenvalue weighted by molar-refractivity contribution is -0.138. The molecule has 1 aromatic rings. The Morgan fingerprint density at radius 2 is 1.94 bits per heavy atom. The maximum atomic E-state index is 12.6. The number of halogens is 1. The molecule has 1 rings (SSSR count). The Bertz CT molecular complexity index is 471. The van der Waals surface area contributed by atoms with Crippen molar-refractivity contribution in [3.05, 3.63) is 42.2 Å². The van der Waals surface area contributed by atoms with E-state index < -0.39 is 23.7 Å². The number of hydrogen-bond acceptors (Lipinski definition) is 3. The summed E-state index contributed by atoms with van der Waals surface area (Å²) in [6.45, 7) is 3.46. The fraction of sp³-hybridized carbons (Fsp3) is 0.167. The van der Waals surface area contributed by atoms with Crippen LogP contribution in [0.15, 0.2) is 36.4 Å². The number of aliphatic carboxylic acids is 1. The summed E-state index contributed by atoms with van der Waals surface area (Å²) in [7, 11) is 0. The molecule has 0 bridgehead atoms. The van der Waals surface area contributed by atoms with Gasteiger partial charge in [-0.1, -0.05) is 6.58 Å². The van der Waals surface area contributed by atoms with Gasteiger partial charge in [-0.25, -0.2) is 4.39 Å². The third kappa shape index (κ3) is 3.99. The van der Waals surface area contributed by atoms with Crippen LogP contribution in [-0.4, -0.2) is 23.0 Å². The second-order valence-electron chi connectivity index (χ2n) is 3.71. The molecule has 0 fully saturated rings. The molecule has 0 saturated carbocycles. The number of carboxylic acid groups (broad SMARTS) is 1. The monoisotopic (exact) mass is 252 g/mol. The molecule has 0 spiro atoms. The third-order valence-corrected chi connectivity index (χ3v) is 2.21. The van der Waals surface area contributed by atoms with Crippen LogP contribution in [0.25, 0.3) is 0 Å². The molecule has 96 valence electrons. The molecular formula is C12H13FN2O3. The van der Waals surface area contributed by atoms with E-state index in [0.717, 1.165) is 0 Å². The normalized spacial score (nSPS) is 11.7. The lowest BCUT2D eigenvalue weighted by Gasteiger charge is -2.10. The van der Waals surface area contributed by atoms with Crippen LogP contribution in [0.5, 0.6) is 0 Å². The van der Waals surface area contributed by atoms with Crippen LogP contribution in [0, 0.1) is 5.82 Å². The number of rotatable bonds is 5. The molecule has 0 aliphatic heterocycles. The van der Waals surface area contributed by atoms with Crippen LogP contribution < -0.4 is 11.1 Å². The van der Waals surface area contributed by atoms with Crippen LogP contribution in [0.3, 0.4) is 0 Å². The van der Waals surface area contributed by atoms with E-state index in [0.29, 0.717) is 5.69 Å². The maximum absolute atomic E-state index is 12.6. The van der Waals surface area contributed by atoms with E-state index in [4.69, 9.17) is 10.8 Å². The highest BCUT2D eigenvalue weighted by molar-refractivity contribution is 6.03. The summed E-state index contributed by atoms with van der Waals surface area (Å²) in [5.41, 5.74) is 5.72. The predicted molar refractivity (Wildman–Crippen MR) is 64.4 cm³/mol. The fourth-order valence-electron chi connectivity index (χ4n) is 1.20. The van der Waals surface area contributed by atoms with Gasteiger partial charge in [0.15, 0.2) is 0 Å². The van der Waals surface area contributed by atoms with Crippen LogP contribution in [0.1, 0.15) is 6.42 Å². The zero-order valence-corrected chi connectivity index (χ0v) is 9.52. The topological polar surface area (TPSA) is 92.4 Å². The number of hydrogen-bond donors (Lipinski definition) is 3. The molecule has 0 heterocycles. The Labute approximate surface area is 103 Å². The number of nitrogens with one attached hydrogen (secondary N) is 1. The van der Waals surface area contributed by atoms with Crippen LogP contribution >= 0.6 is 0 Å². The van der Waals surface area contributed by atoms with Gasteiger partial charge >= 0.3 is 5.97 Å². The average Bonchev–Trinajstić information content (AvgIpc) is 2.31. The Kier molecular flexibility index (Phi) is 4.56. The Hall–Kier alpha value is -2.21. The lowest BCUT2D eigenvalue weighted by atomic mass is 10.1. The summed E-state index contributed by atoms with van der Waals surface area (Å²) in [5.74, 6) is -2.16. The van der Waals surface area contributed by atoms with Crippen molar-refractivity contribution in [2.24, 2.45) is 5.73 Å². The molecule has 0 unspecified atom stereocenters. The second-order valence-corrected chi connectivity index (χ2v) is 3.71. The van der Waals surface area contributed by atoms with Gasteiger partial charge < -0.3 is 16.2 Å². The van der Waals surface area contributed by atoms with Crippen molar-refractivity contribution in [3.63, 3.8) is 0 Å². The highest BCUT2D eigenvalue weighted by Gasteiger charge is 2.17. The SMILES string of the molecule is C=C(C[C@H](N)C(=O)O)C(=O)Nc1ccc(F)cc1. The number of benzene rings is 1. The molecule has 0 radical (unpaired) electrons. The van der Waals surface area contributed by atoms with Gasteiger partial charge in [-0.15, -0.1) is 0 Å². The summed E-state index contributed by atoms with van der Waals surface area (Å²) in [6, 6.07) is 3.99. The zero-order chi connectivity index (χ0) is 13.7. The van der Waals surface area contributed by atoms with Gasteiger partial charge in [-0.2, -0.15) is 0 Å². The molecule has 1 atom stereocenters. The molecule has 0 aromatic heterocycles. The van der Waals surface area contributed by atoms with E-state index >= 15 is 0 Å². The second kappa shape index (κ2) is 5.92. The molecule has 18 heavy (non-hydrogen) atoms. The van der Waals surface area contributed by atoms with Crippen molar-refractivity contribution in [2.75, 3.05) is 5.32 Å². The Morgan fingerprint density at radius 1 is 1.39 bits per heavy atom. The van der Waals surface area contributed by atoms with E-state index in [1.54, 1.807) is 0 Å². The van der Waals surface area contributed by atoms with Crippen LogP contribution in [0.4, 0.5) is 10.1 Å². The van der Waals surface area contributed by atoms with Gasteiger partial charge in [0.05, 0.1) is 0 Å². The first-order valence-corrected chi connectivity index (χ1v) is 5.13. The van der Waals surface area contributed by atoms with Gasteiger partial charge in [0, 0.05) is 17.7 Å². The molecule has 1 amide bonds. The number of nitrogens with two attached hydrogens (primary N) is 1. The maximum Gasteiger partial charge on any atom is 0.320 e. The number of carbonyl (C=O) groups is 2. The Morgan fingerprint density at radius 3 is 2.44 bits per heavy atom. The van der Waals surface area contributed by atoms with Crippen LogP contribution in [-0.2, 0) is 9.59 Å². The van der Waals surface area contributed by atoms with Gasteiger partial charge in [-0.05, 0) is 24.3 Å². The quantitative estimate of drug-likeness (QED) is 0.685. The highest BCUT2D eigenvalue weighted by Crippen LogP contribution is 2.11. The number of carbonyl (C=O) groups excluding carboxylic acids is 1. The fourth-order valence-corrected chi connectivity index (χ4v) is 1.20. The molecule has 0 aliphatic rings. The molecule has 1 aromatic carbocycles. The molecule has 4 N–H and O–H groups in total. The van der Waals surface area contributed by atoms with Crippen molar-refractivity contribution in [3.8, 4) is 0 Å². The highest BCUT2D eigenvalue weighted by atomic mass is 19.1. The molecule has 0 aliphatic carbocycles. The summed E-state index contributed by atoms with van der Waals surface area (Å²) in [6.07, 6.45) is -0.150. The van der Waals surface area contributed by atoms with Crippen molar-refractivity contribution in [1.82, 2.24) is 0 Å². The molecular weight excluding hydrogens is 239 g/mol. The van der Waals surface area contributed by atoms with Gasteiger partial charge in [0.25, 0.3) is 5.91 Å². The zero-order valence-electron chi connectivity index (χ0n) is 9.52. The minimum atomic E-state index is -1.20. The minimum Gasteiger partial charge on any atom is -0.480 e. The number of anilines is 1. The van der Waals surface area contributed by atoms with Crippen molar-refractivity contribution < 1.29 is 19.1 Å². The molecule has 6 heteroatoms. The first-order chi connectivity index (χ1) is 8.40. The Balaban J connectivity index is 2.57. The van der Waals surface area contributed by atoms with Gasteiger partial charge in [-0.3, -0.25) is 9.59 Å². The standard InChI is InChI=1S/C12H13FN2O3/c1-7(6-10(14)12(17)18)11(16)15-9-4-2-8(13)3-5-9/h2-5,10H,1,6,14H2,(H,15,16)(H,17,18)/t10-/m0/s1. The molecule has 0 saturated heterocycles. The summed E-state index contributed by atoms with van der Waals surface area (Å²) in [5, 5.41) is 11.1. The first kappa shape index (κ1) is 13.9. The largest absolute Gasteiger partial charge is 0.480 e. The lowest BCUT2D eigenvalue weighted by Crippen LogP contribution is -2.32. The van der Waals surface area contributed by atoms with E-state index in [9.17, 15) is 14.0 Å². The average molecular weight is 252 g/mol. The summed E-state index contributed by atoms with van der Waals surface area (Å²) >= 11 is 0. The summed E-state index contributed by atoms with van der Waals surface area (Å²) in [4.78, 5) is 22.1. The number of carboxylic acids is 1. The minimum absolute atomic E-state index is 0.0502. The van der Waals surface area contributed by atoms with E-state index in [1.807, 2.05) is 0 Å². The van der Waals surface area contributed by atoms with E-state index in [1.165, 1.54) is 24.3 Å². The van der Waals surface area contributed by atoms with Gasteiger partial charge in [0.2, 0.25) is 0 Å². The molecule has 5 nitrogen and oxygen atoms in total. The van der Waals surface area contributed by atoms with Crippen molar-refractivity contribution >= 4 is 17.6 Å². The first-order valence-electron chi connectivity index (χ1n) is 5.13. The summed E-state index contributed by atoms with van der Waals surface area (Å²) < 4.78 is 12.6. The van der Waals surface area contributed by atoms with Crippen molar-refractivity contribution in [1.29, 1.82) is 0 Å². The van der Waals surface area contributed by atoms with Crippen molar-refractivity contribution in [2.45, 2.75) is 12.5 Å². The van der Waals surface area contributed by atoms with Crippen LogP contribution in [0.2, 0.25) is 0 Å². The van der Waals surface area contributed by atoms with E-state index in [-0.39, 0.29) is 12.0 Å². The van der Waals surface area contributed by atoms with E-state index in [2.05, 4.69) is 11.9 Å². The smallest absolute Gasteiger partial charge is 0.320 e. The van der Waals surface area contributed by atoms with Gasteiger partial charge in [0.1, 0.15) is 11.9 Å². The predicted octanol–water partition coefficient (Wildman–Crippen LogP) is 1.12. The third-order valence-electron chi connectivity index (χ3n) is 2.21. The number of amides is 1.